The minimum atomic E-state index is 0.608. The Balaban J connectivity index is 2.65. The largest absolute Gasteiger partial charge is 0.490 e. The third-order valence-corrected chi connectivity index (χ3v) is 2.49. The third kappa shape index (κ3) is 3.61. The van der Waals surface area contributed by atoms with Gasteiger partial charge in [-0.3, -0.25) is 0 Å². The van der Waals surface area contributed by atoms with Crippen molar-refractivity contribution in [3.8, 4) is 5.75 Å². The standard InChI is InChI=1S/C11H17ClN2O/c1-8-6-10(13)11(7-9(8)12)15-5-4-14(2)3/h6-7H,4-5,13H2,1-3H3. The van der Waals surface area contributed by atoms with E-state index in [1.807, 2.05) is 32.0 Å². The number of halogens is 1. The van der Waals surface area contributed by atoms with Crippen molar-refractivity contribution in [3.63, 3.8) is 0 Å². The van der Waals surface area contributed by atoms with Gasteiger partial charge in [-0.15, -0.1) is 0 Å². The Bertz CT molecular complexity index is 340. The monoisotopic (exact) mass is 228 g/mol. The van der Waals surface area contributed by atoms with Crippen LogP contribution in [-0.2, 0) is 0 Å². The molecule has 2 N–H and O–H groups in total. The molecule has 15 heavy (non-hydrogen) atoms. The van der Waals surface area contributed by atoms with E-state index in [-0.39, 0.29) is 0 Å². The molecule has 0 amide bonds. The number of hydrogen-bond donors (Lipinski definition) is 1. The number of likely N-dealkylation sites (N-methyl/N-ethyl adjacent to an activating group) is 1. The predicted molar refractivity (Wildman–Crippen MR) is 64.7 cm³/mol. The smallest absolute Gasteiger partial charge is 0.143 e. The van der Waals surface area contributed by atoms with Crippen LogP contribution in [0.25, 0.3) is 0 Å². The minimum absolute atomic E-state index is 0.608. The van der Waals surface area contributed by atoms with Crippen molar-refractivity contribution in [2.24, 2.45) is 0 Å². The Kier molecular flexibility index (Phi) is 4.24. The van der Waals surface area contributed by atoms with Crippen molar-refractivity contribution in [1.29, 1.82) is 0 Å². The highest BCUT2D eigenvalue weighted by Gasteiger charge is 2.04. The number of nitrogens with two attached hydrogens (primary N) is 1. The van der Waals surface area contributed by atoms with Gasteiger partial charge in [0, 0.05) is 17.6 Å². The van der Waals surface area contributed by atoms with E-state index in [1.165, 1.54) is 0 Å². The molecule has 0 heterocycles. The first-order valence-corrected chi connectivity index (χ1v) is 5.21. The second-order valence-corrected chi connectivity index (χ2v) is 4.20. The lowest BCUT2D eigenvalue weighted by molar-refractivity contribution is 0.262. The summed E-state index contributed by atoms with van der Waals surface area (Å²) >= 11 is 5.98. The molecule has 0 fully saturated rings. The molecule has 0 aliphatic rings. The number of nitrogen functional groups attached to an aromatic ring is 1. The topological polar surface area (TPSA) is 38.5 Å². The fourth-order valence-corrected chi connectivity index (χ4v) is 1.30. The van der Waals surface area contributed by atoms with Crippen LogP contribution in [0, 0.1) is 6.92 Å². The zero-order valence-electron chi connectivity index (χ0n) is 9.38. The van der Waals surface area contributed by atoms with E-state index >= 15 is 0 Å². The maximum atomic E-state index is 5.98. The SMILES string of the molecule is Cc1cc(N)c(OCCN(C)C)cc1Cl. The van der Waals surface area contributed by atoms with Crippen LogP contribution in [-0.4, -0.2) is 32.1 Å². The van der Waals surface area contributed by atoms with Gasteiger partial charge >= 0.3 is 0 Å². The number of nitrogens with zero attached hydrogens (tertiary/aromatic N) is 1. The lowest BCUT2D eigenvalue weighted by atomic mass is 10.2. The molecule has 4 heteroatoms. The molecule has 0 radical (unpaired) electrons. The molecule has 1 rings (SSSR count). The van der Waals surface area contributed by atoms with Gasteiger partial charge < -0.3 is 15.4 Å². The maximum Gasteiger partial charge on any atom is 0.143 e. The van der Waals surface area contributed by atoms with Gasteiger partial charge in [-0.05, 0) is 32.6 Å². The predicted octanol–water partition coefficient (Wildman–Crippen LogP) is 2.17. The highest BCUT2D eigenvalue weighted by molar-refractivity contribution is 6.31. The summed E-state index contributed by atoms with van der Waals surface area (Å²) in [6.45, 7) is 3.38. The first-order valence-electron chi connectivity index (χ1n) is 4.84. The van der Waals surface area contributed by atoms with Crippen LogP contribution in [0.4, 0.5) is 5.69 Å². The van der Waals surface area contributed by atoms with Crippen molar-refractivity contribution >= 4 is 17.3 Å². The molecule has 0 bridgehead atoms. The first kappa shape index (κ1) is 12.1. The van der Waals surface area contributed by atoms with E-state index in [0.29, 0.717) is 23.1 Å². The van der Waals surface area contributed by atoms with Gasteiger partial charge in [0.2, 0.25) is 0 Å². The molecule has 1 aromatic rings. The molecule has 3 nitrogen and oxygen atoms in total. The summed E-state index contributed by atoms with van der Waals surface area (Å²) < 4.78 is 5.53. The van der Waals surface area contributed by atoms with Crippen LogP contribution in [0.2, 0.25) is 5.02 Å². The van der Waals surface area contributed by atoms with Crippen molar-refractivity contribution in [1.82, 2.24) is 4.90 Å². The van der Waals surface area contributed by atoms with Gasteiger partial charge in [0.15, 0.2) is 0 Å². The number of ether oxygens (including phenoxy) is 1. The Morgan fingerprint density at radius 3 is 2.67 bits per heavy atom. The molecule has 1 aromatic carbocycles. The van der Waals surface area contributed by atoms with E-state index < -0.39 is 0 Å². The van der Waals surface area contributed by atoms with E-state index in [1.54, 1.807) is 6.07 Å². The van der Waals surface area contributed by atoms with Crippen LogP contribution >= 0.6 is 11.6 Å². The van der Waals surface area contributed by atoms with Crippen molar-refractivity contribution < 1.29 is 4.74 Å². The normalized spacial score (nSPS) is 10.7. The summed E-state index contributed by atoms with van der Waals surface area (Å²) in [5, 5.41) is 0.684. The molecule has 0 aliphatic carbocycles. The third-order valence-electron chi connectivity index (χ3n) is 2.09. The van der Waals surface area contributed by atoms with Gasteiger partial charge in [0.25, 0.3) is 0 Å². The van der Waals surface area contributed by atoms with Crippen molar-refractivity contribution in [2.45, 2.75) is 6.92 Å². The summed E-state index contributed by atoms with van der Waals surface area (Å²) in [5.41, 5.74) is 7.41. The maximum absolute atomic E-state index is 5.98. The summed E-state index contributed by atoms with van der Waals surface area (Å²) in [5.74, 6) is 0.660. The van der Waals surface area contributed by atoms with E-state index in [0.717, 1.165) is 12.1 Å². The molecular formula is C11H17ClN2O. The second-order valence-electron chi connectivity index (χ2n) is 3.79. The van der Waals surface area contributed by atoms with Gasteiger partial charge in [0.1, 0.15) is 12.4 Å². The van der Waals surface area contributed by atoms with Gasteiger partial charge in [-0.2, -0.15) is 0 Å². The fourth-order valence-electron chi connectivity index (χ4n) is 1.15. The van der Waals surface area contributed by atoms with Gasteiger partial charge in [-0.1, -0.05) is 11.6 Å². The summed E-state index contributed by atoms with van der Waals surface area (Å²) in [7, 11) is 3.99. The number of rotatable bonds is 4. The summed E-state index contributed by atoms with van der Waals surface area (Å²) in [6.07, 6.45) is 0. The van der Waals surface area contributed by atoms with Crippen LogP contribution in [0.5, 0.6) is 5.75 Å². The molecule has 0 aromatic heterocycles. The van der Waals surface area contributed by atoms with Crippen LogP contribution < -0.4 is 10.5 Å². The Labute approximate surface area is 95.8 Å². The van der Waals surface area contributed by atoms with Gasteiger partial charge in [-0.25, -0.2) is 0 Å². The lowest BCUT2D eigenvalue weighted by Crippen LogP contribution is -2.19. The molecule has 84 valence electrons. The highest BCUT2D eigenvalue weighted by atomic mass is 35.5. The molecule has 0 unspecified atom stereocenters. The van der Waals surface area contributed by atoms with Gasteiger partial charge in [0.05, 0.1) is 5.69 Å². The van der Waals surface area contributed by atoms with E-state index in [2.05, 4.69) is 0 Å². The fraction of sp³-hybridized carbons (Fsp3) is 0.455. The van der Waals surface area contributed by atoms with Crippen molar-refractivity contribution in [3.05, 3.63) is 22.7 Å². The Morgan fingerprint density at radius 1 is 1.40 bits per heavy atom. The lowest BCUT2D eigenvalue weighted by Gasteiger charge is -2.13. The average molecular weight is 229 g/mol. The molecule has 0 saturated heterocycles. The zero-order valence-corrected chi connectivity index (χ0v) is 10.1. The Hall–Kier alpha value is -0.930. The molecule has 0 aliphatic heterocycles. The molecule has 0 saturated carbocycles. The number of anilines is 1. The highest BCUT2D eigenvalue weighted by Crippen LogP contribution is 2.28. The average Bonchev–Trinajstić information content (AvgIpc) is 2.13. The van der Waals surface area contributed by atoms with Crippen LogP contribution in [0.15, 0.2) is 12.1 Å². The zero-order chi connectivity index (χ0) is 11.4. The van der Waals surface area contributed by atoms with E-state index in [4.69, 9.17) is 22.1 Å². The number of aryl methyl sites for hydroxylation is 1. The summed E-state index contributed by atoms with van der Waals surface area (Å²) in [4.78, 5) is 2.05. The quantitative estimate of drug-likeness (QED) is 0.803. The number of benzene rings is 1. The minimum Gasteiger partial charge on any atom is -0.490 e. The first-order chi connectivity index (χ1) is 7.00. The number of hydrogen-bond acceptors (Lipinski definition) is 3. The summed E-state index contributed by atoms with van der Waals surface area (Å²) in [6, 6.07) is 3.59. The van der Waals surface area contributed by atoms with E-state index in [9.17, 15) is 0 Å². The van der Waals surface area contributed by atoms with Crippen LogP contribution in [0.3, 0.4) is 0 Å². The molecule has 0 spiro atoms. The van der Waals surface area contributed by atoms with Crippen molar-refractivity contribution in [2.75, 3.05) is 33.0 Å². The van der Waals surface area contributed by atoms with Crippen LogP contribution in [0.1, 0.15) is 5.56 Å². The molecular weight excluding hydrogens is 212 g/mol. The Morgan fingerprint density at radius 2 is 2.07 bits per heavy atom. The molecule has 0 atom stereocenters. The second kappa shape index (κ2) is 5.24.